The van der Waals surface area contributed by atoms with Crippen LogP contribution in [0.2, 0.25) is 0 Å². The van der Waals surface area contributed by atoms with Crippen molar-refractivity contribution in [2.75, 3.05) is 39.3 Å². The minimum atomic E-state index is -0.302. The zero-order valence-electron chi connectivity index (χ0n) is 15.1. The van der Waals surface area contributed by atoms with Crippen LogP contribution < -0.4 is 4.74 Å². The maximum absolute atomic E-state index is 11.1. The molecule has 1 aliphatic heterocycles. The third-order valence-corrected chi connectivity index (χ3v) is 4.89. The highest BCUT2D eigenvalue weighted by molar-refractivity contribution is 5.44. The molecule has 0 aliphatic carbocycles. The molecular formula is C20H25N3O3. The molecule has 6 nitrogen and oxygen atoms in total. The molecule has 2 aromatic rings. The Hall–Kier alpha value is -2.44. The molecule has 0 saturated carbocycles. The number of benzene rings is 2. The van der Waals surface area contributed by atoms with E-state index >= 15 is 0 Å². The molecule has 0 radical (unpaired) electrons. The van der Waals surface area contributed by atoms with Crippen LogP contribution in [-0.4, -0.2) is 54.1 Å². The molecule has 1 aliphatic rings. The zero-order chi connectivity index (χ0) is 18.4. The van der Waals surface area contributed by atoms with Crippen LogP contribution in [0, 0.1) is 17.0 Å². The predicted octanol–water partition coefficient (Wildman–Crippen LogP) is 3.10. The van der Waals surface area contributed by atoms with Gasteiger partial charge in [-0.15, -0.1) is 0 Å². The van der Waals surface area contributed by atoms with E-state index in [1.54, 1.807) is 12.1 Å². The number of ether oxygens (including phenoxy) is 1. The lowest BCUT2D eigenvalue weighted by Crippen LogP contribution is -2.47. The first-order valence-corrected chi connectivity index (χ1v) is 8.99. The van der Waals surface area contributed by atoms with Gasteiger partial charge in [-0.25, -0.2) is 0 Å². The quantitative estimate of drug-likeness (QED) is 0.564. The van der Waals surface area contributed by atoms with Gasteiger partial charge >= 0.3 is 0 Å². The fourth-order valence-corrected chi connectivity index (χ4v) is 3.26. The van der Waals surface area contributed by atoms with Gasteiger partial charge in [-0.2, -0.15) is 0 Å². The monoisotopic (exact) mass is 355 g/mol. The van der Waals surface area contributed by atoms with E-state index in [2.05, 4.69) is 9.80 Å². The maximum Gasteiger partial charge on any atom is 0.272 e. The summed E-state index contributed by atoms with van der Waals surface area (Å²) in [6.07, 6.45) is 0. The van der Waals surface area contributed by atoms with Crippen molar-refractivity contribution in [1.82, 2.24) is 9.80 Å². The van der Waals surface area contributed by atoms with Gasteiger partial charge in [0.25, 0.3) is 5.69 Å². The third-order valence-electron chi connectivity index (χ3n) is 4.89. The molecule has 1 heterocycles. The van der Waals surface area contributed by atoms with E-state index in [0.717, 1.165) is 56.1 Å². The molecule has 138 valence electrons. The van der Waals surface area contributed by atoms with Crippen molar-refractivity contribution in [2.24, 2.45) is 0 Å². The van der Waals surface area contributed by atoms with Crippen molar-refractivity contribution in [3.05, 3.63) is 69.8 Å². The average Bonchev–Trinajstić information content (AvgIpc) is 2.65. The largest absolute Gasteiger partial charge is 0.492 e. The van der Waals surface area contributed by atoms with Crippen LogP contribution in [0.4, 0.5) is 5.69 Å². The standard InChI is InChI=1S/C20H25N3O3/c1-17-18(6-5-9-20(17)23(24)25)16-22-12-10-21(11-13-22)14-15-26-19-7-3-2-4-8-19/h2-9H,10-16H2,1H3. The number of nitro groups is 1. The molecule has 2 aromatic carbocycles. The van der Waals surface area contributed by atoms with E-state index in [9.17, 15) is 10.1 Å². The normalized spacial score (nSPS) is 15.7. The van der Waals surface area contributed by atoms with Crippen molar-refractivity contribution in [3.63, 3.8) is 0 Å². The summed E-state index contributed by atoms with van der Waals surface area (Å²) in [5, 5.41) is 11.1. The van der Waals surface area contributed by atoms with Gasteiger partial charge in [-0.05, 0) is 24.6 Å². The van der Waals surface area contributed by atoms with E-state index in [4.69, 9.17) is 4.74 Å². The van der Waals surface area contributed by atoms with Gasteiger partial charge in [-0.1, -0.05) is 30.3 Å². The summed E-state index contributed by atoms with van der Waals surface area (Å²) in [5.41, 5.74) is 2.02. The molecule has 1 fully saturated rings. The maximum atomic E-state index is 11.1. The number of piperazine rings is 1. The average molecular weight is 355 g/mol. The second-order valence-electron chi connectivity index (χ2n) is 6.60. The van der Waals surface area contributed by atoms with Crippen LogP contribution in [0.25, 0.3) is 0 Å². The van der Waals surface area contributed by atoms with E-state index < -0.39 is 0 Å². The molecule has 0 amide bonds. The number of rotatable bonds is 7. The first-order valence-electron chi connectivity index (χ1n) is 8.99. The Kier molecular flexibility index (Phi) is 6.20. The van der Waals surface area contributed by atoms with Gasteiger partial charge in [0.2, 0.25) is 0 Å². The lowest BCUT2D eigenvalue weighted by atomic mass is 10.1. The van der Waals surface area contributed by atoms with Crippen LogP contribution in [0.5, 0.6) is 5.75 Å². The second-order valence-corrected chi connectivity index (χ2v) is 6.60. The van der Waals surface area contributed by atoms with Gasteiger partial charge in [0.05, 0.1) is 4.92 Å². The van der Waals surface area contributed by atoms with E-state index in [0.29, 0.717) is 6.61 Å². The van der Waals surface area contributed by atoms with Gasteiger partial charge in [0, 0.05) is 50.9 Å². The van der Waals surface area contributed by atoms with Gasteiger partial charge in [-0.3, -0.25) is 19.9 Å². The highest BCUT2D eigenvalue weighted by atomic mass is 16.6. The minimum Gasteiger partial charge on any atom is -0.492 e. The number of hydrogen-bond donors (Lipinski definition) is 0. The Balaban J connectivity index is 1.44. The van der Waals surface area contributed by atoms with Crippen LogP contribution >= 0.6 is 0 Å². The molecule has 0 bridgehead atoms. The highest BCUT2D eigenvalue weighted by Crippen LogP contribution is 2.22. The van der Waals surface area contributed by atoms with Gasteiger partial charge in [0.15, 0.2) is 0 Å². The van der Waals surface area contributed by atoms with Gasteiger partial charge < -0.3 is 4.74 Å². The molecular weight excluding hydrogens is 330 g/mol. The number of hydrogen-bond acceptors (Lipinski definition) is 5. The number of nitrogens with zero attached hydrogens (tertiary/aromatic N) is 3. The Bertz CT molecular complexity index is 728. The zero-order valence-corrected chi connectivity index (χ0v) is 15.1. The van der Waals surface area contributed by atoms with Gasteiger partial charge in [0.1, 0.15) is 12.4 Å². The molecule has 26 heavy (non-hydrogen) atoms. The topological polar surface area (TPSA) is 58.8 Å². The van der Waals surface area contributed by atoms with Crippen LogP contribution in [0.1, 0.15) is 11.1 Å². The Morgan fingerprint density at radius 3 is 2.38 bits per heavy atom. The second kappa shape index (κ2) is 8.78. The molecule has 0 N–H and O–H groups in total. The van der Waals surface area contributed by atoms with Crippen molar-refractivity contribution in [1.29, 1.82) is 0 Å². The van der Waals surface area contributed by atoms with Crippen LogP contribution in [0.3, 0.4) is 0 Å². The summed E-state index contributed by atoms with van der Waals surface area (Å²) in [4.78, 5) is 15.5. The number of para-hydroxylation sites is 1. The van der Waals surface area contributed by atoms with Crippen molar-refractivity contribution in [3.8, 4) is 5.75 Å². The fraction of sp³-hybridized carbons (Fsp3) is 0.400. The summed E-state index contributed by atoms with van der Waals surface area (Å²) >= 11 is 0. The highest BCUT2D eigenvalue weighted by Gasteiger charge is 2.19. The van der Waals surface area contributed by atoms with Crippen molar-refractivity contribution in [2.45, 2.75) is 13.5 Å². The fourth-order valence-electron chi connectivity index (χ4n) is 3.26. The van der Waals surface area contributed by atoms with E-state index in [1.807, 2.05) is 43.3 Å². The van der Waals surface area contributed by atoms with Crippen LogP contribution in [0.15, 0.2) is 48.5 Å². The third kappa shape index (κ3) is 4.80. The molecule has 1 saturated heterocycles. The SMILES string of the molecule is Cc1c(CN2CCN(CCOc3ccccc3)CC2)cccc1[N+](=O)[O-]. The van der Waals surface area contributed by atoms with Crippen molar-refractivity contribution >= 4 is 5.69 Å². The summed E-state index contributed by atoms with van der Waals surface area (Å²) < 4.78 is 5.76. The predicted molar refractivity (Wildman–Crippen MR) is 101 cm³/mol. The van der Waals surface area contributed by atoms with Crippen LogP contribution in [-0.2, 0) is 6.54 Å². The molecule has 6 heteroatoms. The Morgan fingerprint density at radius 2 is 1.69 bits per heavy atom. The molecule has 0 aromatic heterocycles. The summed E-state index contributed by atoms with van der Waals surface area (Å²) in [6.45, 7) is 8.12. The summed E-state index contributed by atoms with van der Waals surface area (Å²) in [6, 6.07) is 15.2. The first kappa shape index (κ1) is 18.4. The summed E-state index contributed by atoms with van der Waals surface area (Å²) in [7, 11) is 0. The Labute approximate surface area is 154 Å². The Morgan fingerprint density at radius 1 is 1.00 bits per heavy atom. The van der Waals surface area contributed by atoms with E-state index in [-0.39, 0.29) is 10.6 Å². The lowest BCUT2D eigenvalue weighted by molar-refractivity contribution is -0.385. The van der Waals surface area contributed by atoms with E-state index in [1.165, 1.54) is 0 Å². The smallest absolute Gasteiger partial charge is 0.272 e. The molecule has 0 unspecified atom stereocenters. The molecule has 3 rings (SSSR count). The van der Waals surface area contributed by atoms with Crippen molar-refractivity contribution < 1.29 is 9.66 Å². The first-order chi connectivity index (χ1) is 12.6. The summed E-state index contributed by atoms with van der Waals surface area (Å²) in [5.74, 6) is 0.910. The lowest BCUT2D eigenvalue weighted by Gasteiger charge is -2.34. The molecule has 0 spiro atoms. The minimum absolute atomic E-state index is 0.208. The number of nitro benzene ring substituents is 1. The molecule has 0 atom stereocenters.